The number of esters is 1. The fourth-order valence-electron chi connectivity index (χ4n) is 2.59. The normalized spacial score (nSPS) is 17.1. The van der Waals surface area contributed by atoms with E-state index in [1.54, 1.807) is 10.9 Å². The number of hydrogen-bond acceptors (Lipinski definition) is 4. The minimum atomic E-state index is -0.253. The zero-order valence-electron chi connectivity index (χ0n) is 9.06. The van der Waals surface area contributed by atoms with Crippen molar-refractivity contribution in [2.45, 2.75) is 19.4 Å². The second kappa shape index (κ2) is 2.97. The molecule has 86 valence electrons. The molecule has 0 bridgehead atoms. The summed E-state index contributed by atoms with van der Waals surface area (Å²) < 4.78 is 6.84. The molecule has 0 amide bonds. The smallest absolute Gasteiger partial charge is 0.356 e. The molecule has 0 saturated heterocycles. The van der Waals surface area contributed by atoms with Crippen LogP contribution in [0.15, 0.2) is 6.20 Å². The van der Waals surface area contributed by atoms with Crippen LogP contribution in [0.5, 0.6) is 0 Å². The molecule has 0 fully saturated rings. The number of rotatable bonds is 0. The number of cyclic esters (lactones) is 1. The van der Waals surface area contributed by atoms with Gasteiger partial charge in [0, 0.05) is 16.8 Å². The molecule has 17 heavy (non-hydrogen) atoms. The maximum atomic E-state index is 11.8. The van der Waals surface area contributed by atoms with E-state index >= 15 is 0 Å². The minimum Gasteiger partial charge on any atom is -0.459 e. The van der Waals surface area contributed by atoms with Crippen LogP contribution in [0.3, 0.4) is 0 Å². The number of nitrogens with zero attached hydrogens (tertiary/aromatic N) is 3. The maximum Gasteiger partial charge on any atom is 0.356 e. The number of aromatic nitrogens is 4. The zero-order valence-corrected chi connectivity index (χ0v) is 9.06. The Kier molecular flexibility index (Phi) is 1.57. The Balaban J connectivity index is 2.00. The van der Waals surface area contributed by atoms with Crippen molar-refractivity contribution in [3.63, 3.8) is 0 Å². The average molecular weight is 230 g/mol. The molecule has 0 unspecified atom stereocenters. The number of carbonyl (C=O) groups excluding carboxylic acids is 1. The second-order valence-electron chi connectivity index (χ2n) is 4.30. The number of hydrogen-bond donors (Lipinski definition) is 1. The molecular weight excluding hydrogens is 220 g/mol. The molecule has 2 aromatic heterocycles. The van der Waals surface area contributed by atoms with Gasteiger partial charge in [0.2, 0.25) is 0 Å². The summed E-state index contributed by atoms with van der Waals surface area (Å²) in [5.41, 5.74) is 4.62. The van der Waals surface area contributed by atoms with Gasteiger partial charge in [-0.05, 0) is 12.8 Å². The summed E-state index contributed by atoms with van der Waals surface area (Å²) in [7, 11) is 0. The van der Waals surface area contributed by atoms with Crippen molar-refractivity contribution in [2.24, 2.45) is 0 Å². The van der Waals surface area contributed by atoms with Gasteiger partial charge in [-0.2, -0.15) is 10.2 Å². The van der Waals surface area contributed by atoms with Crippen molar-refractivity contribution in [2.75, 3.05) is 6.61 Å². The van der Waals surface area contributed by atoms with E-state index in [-0.39, 0.29) is 5.97 Å². The molecule has 4 rings (SSSR count). The van der Waals surface area contributed by atoms with Crippen LogP contribution in [0, 0.1) is 0 Å². The fourth-order valence-corrected chi connectivity index (χ4v) is 2.59. The van der Waals surface area contributed by atoms with Gasteiger partial charge in [0.05, 0.1) is 18.4 Å². The maximum absolute atomic E-state index is 11.8. The van der Waals surface area contributed by atoms with Crippen molar-refractivity contribution < 1.29 is 9.53 Å². The quantitative estimate of drug-likeness (QED) is 0.670. The van der Waals surface area contributed by atoms with Gasteiger partial charge in [-0.1, -0.05) is 0 Å². The Hall–Kier alpha value is -2.11. The van der Waals surface area contributed by atoms with Crippen LogP contribution < -0.4 is 0 Å². The van der Waals surface area contributed by atoms with Crippen LogP contribution >= 0.6 is 0 Å². The van der Waals surface area contributed by atoms with E-state index in [1.807, 2.05) is 0 Å². The van der Waals surface area contributed by atoms with Gasteiger partial charge >= 0.3 is 5.97 Å². The largest absolute Gasteiger partial charge is 0.459 e. The fraction of sp³-hybridized carbons (Fsp3) is 0.364. The topological polar surface area (TPSA) is 72.8 Å². The summed E-state index contributed by atoms with van der Waals surface area (Å²) in [6, 6.07) is 0. The molecule has 3 heterocycles. The van der Waals surface area contributed by atoms with E-state index in [9.17, 15) is 4.79 Å². The van der Waals surface area contributed by atoms with Crippen LogP contribution in [0.1, 0.15) is 21.7 Å². The van der Waals surface area contributed by atoms with Crippen LogP contribution in [0.25, 0.3) is 11.3 Å². The molecule has 2 aliphatic rings. The van der Waals surface area contributed by atoms with Crippen molar-refractivity contribution in [3.8, 4) is 11.3 Å². The zero-order chi connectivity index (χ0) is 11.4. The molecule has 1 N–H and O–H groups in total. The molecule has 1 aliphatic carbocycles. The minimum absolute atomic E-state index is 0.253. The second-order valence-corrected chi connectivity index (χ2v) is 4.30. The lowest BCUT2D eigenvalue weighted by Crippen LogP contribution is -2.24. The highest BCUT2D eigenvalue weighted by molar-refractivity contribution is 5.92. The Bertz CT molecular complexity index is 625. The predicted octanol–water partition coefficient (Wildman–Crippen LogP) is 0.542. The number of fused-ring (bicyclic) bond motifs is 5. The Morgan fingerprint density at radius 3 is 3.29 bits per heavy atom. The first-order valence-corrected chi connectivity index (χ1v) is 5.64. The van der Waals surface area contributed by atoms with Crippen molar-refractivity contribution in [3.05, 3.63) is 23.1 Å². The summed E-state index contributed by atoms with van der Waals surface area (Å²) in [6.07, 6.45) is 3.46. The van der Waals surface area contributed by atoms with Gasteiger partial charge in [-0.3, -0.25) is 9.78 Å². The third-order valence-electron chi connectivity index (χ3n) is 3.38. The average Bonchev–Trinajstić information content (AvgIpc) is 2.91. The van der Waals surface area contributed by atoms with Crippen LogP contribution in [-0.4, -0.2) is 32.6 Å². The molecule has 0 radical (unpaired) electrons. The first kappa shape index (κ1) is 8.98. The highest BCUT2D eigenvalue weighted by Gasteiger charge is 2.31. The molecule has 0 aromatic carbocycles. The summed E-state index contributed by atoms with van der Waals surface area (Å²) in [5.74, 6) is -0.253. The Labute approximate surface area is 96.6 Å². The molecular formula is C11H10N4O2. The highest BCUT2D eigenvalue weighted by Crippen LogP contribution is 2.34. The van der Waals surface area contributed by atoms with E-state index in [0.29, 0.717) is 18.8 Å². The summed E-state index contributed by atoms with van der Waals surface area (Å²) in [5, 5.41) is 11.5. The molecule has 0 atom stereocenters. The molecule has 6 heteroatoms. The summed E-state index contributed by atoms with van der Waals surface area (Å²) >= 11 is 0. The third-order valence-corrected chi connectivity index (χ3v) is 3.38. The first-order valence-electron chi connectivity index (χ1n) is 5.64. The lowest BCUT2D eigenvalue weighted by atomic mass is 9.94. The van der Waals surface area contributed by atoms with Gasteiger partial charge < -0.3 is 4.74 Å². The number of aryl methyl sites for hydroxylation is 1. The lowest BCUT2D eigenvalue weighted by molar-refractivity contribution is 0.0409. The molecule has 1 aliphatic heterocycles. The van der Waals surface area contributed by atoms with Gasteiger partial charge in [0.25, 0.3) is 0 Å². The lowest BCUT2D eigenvalue weighted by Gasteiger charge is -2.15. The number of carbonyl (C=O) groups is 1. The van der Waals surface area contributed by atoms with E-state index in [0.717, 1.165) is 35.4 Å². The number of aromatic amines is 1. The predicted molar refractivity (Wildman–Crippen MR) is 57.5 cm³/mol. The Morgan fingerprint density at radius 1 is 1.41 bits per heavy atom. The summed E-state index contributed by atoms with van der Waals surface area (Å²) in [6.45, 7) is 1.05. The number of nitrogens with one attached hydrogen (secondary N) is 1. The van der Waals surface area contributed by atoms with Crippen LogP contribution in [-0.2, 0) is 24.1 Å². The standard InChI is InChI=1S/C11H10N4O2/c16-11-10-6-1-2-8-7(5-12-13-8)9(6)14-15(10)3-4-17-11/h5H,1-4H2,(H,12,13). The number of H-pyrrole nitrogens is 1. The third kappa shape index (κ3) is 1.07. The van der Waals surface area contributed by atoms with E-state index < -0.39 is 0 Å². The van der Waals surface area contributed by atoms with Crippen molar-refractivity contribution in [1.82, 2.24) is 20.0 Å². The van der Waals surface area contributed by atoms with Gasteiger partial charge in [0.15, 0.2) is 0 Å². The van der Waals surface area contributed by atoms with Crippen molar-refractivity contribution >= 4 is 5.97 Å². The van der Waals surface area contributed by atoms with Gasteiger partial charge in [-0.25, -0.2) is 4.79 Å². The monoisotopic (exact) mass is 230 g/mol. The van der Waals surface area contributed by atoms with Crippen LogP contribution in [0.4, 0.5) is 0 Å². The van der Waals surface area contributed by atoms with Gasteiger partial charge in [0.1, 0.15) is 12.3 Å². The number of ether oxygens (including phenoxy) is 1. The SMILES string of the molecule is O=C1OCCn2nc3c(c21)CCc1[nH]ncc1-3. The first-order chi connectivity index (χ1) is 8.34. The molecule has 0 saturated carbocycles. The van der Waals surface area contributed by atoms with E-state index in [4.69, 9.17) is 4.74 Å². The Morgan fingerprint density at radius 2 is 2.35 bits per heavy atom. The molecule has 0 spiro atoms. The molecule has 2 aromatic rings. The van der Waals surface area contributed by atoms with Crippen molar-refractivity contribution in [1.29, 1.82) is 0 Å². The highest BCUT2D eigenvalue weighted by atomic mass is 16.5. The van der Waals surface area contributed by atoms with Gasteiger partial charge in [-0.15, -0.1) is 0 Å². The van der Waals surface area contributed by atoms with E-state index in [1.165, 1.54) is 0 Å². The van der Waals surface area contributed by atoms with Crippen LogP contribution in [0.2, 0.25) is 0 Å². The van der Waals surface area contributed by atoms with E-state index in [2.05, 4.69) is 15.3 Å². The summed E-state index contributed by atoms with van der Waals surface area (Å²) in [4.78, 5) is 11.8. The molecule has 6 nitrogen and oxygen atoms in total.